The fourth-order valence-corrected chi connectivity index (χ4v) is 5.61. The molecule has 31 heavy (non-hydrogen) atoms. The van der Waals surface area contributed by atoms with E-state index in [0.29, 0.717) is 28.8 Å². The number of methoxy groups -OCH3 is 1. The maximum Gasteiger partial charge on any atom is 0.342 e. The van der Waals surface area contributed by atoms with Gasteiger partial charge in [0.15, 0.2) is 5.82 Å². The summed E-state index contributed by atoms with van der Waals surface area (Å²) in [7, 11) is 1.55. The van der Waals surface area contributed by atoms with Gasteiger partial charge >= 0.3 is 5.97 Å². The molecule has 0 radical (unpaired) electrons. The van der Waals surface area contributed by atoms with Gasteiger partial charge in [0.2, 0.25) is 5.16 Å². The SMILES string of the molecule is CCOc1c(I)cc(/C=C(\Sc2n[nH]c(-c3cc(Cl)ccc3OC)n2)C(=O)O)cc1I. The van der Waals surface area contributed by atoms with E-state index in [1.165, 1.54) is 0 Å². The van der Waals surface area contributed by atoms with Gasteiger partial charge in [-0.25, -0.2) is 9.78 Å². The summed E-state index contributed by atoms with van der Waals surface area (Å²) in [4.78, 5) is 16.3. The van der Waals surface area contributed by atoms with Crippen molar-refractivity contribution < 1.29 is 19.4 Å². The van der Waals surface area contributed by atoms with Crippen molar-refractivity contribution in [2.75, 3.05) is 13.7 Å². The Bertz CT molecular complexity index is 1130. The van der Waals surface area contributed by atoms with Crippen molar-refractivity contribution in [2.24, 2.45) is 0 Å². The Morgan fingerprint density at radius 1 is 1.29 bits per heavy atom. The number of rotatable bonds is 8. The fourth-order valence-electron chi connectivity index (χ4n) is 2.61. The molecule has 3 aromatic rings. The normalized spacial score (nSPS) is 11.5. The summed E-state index contributed by atoms with van der Waals surface area (Å²) in [5.74, 6) is 0.719. The predicted octanol–water partition coefficient (Wildman–Crippen LogP) is 5.96. The first-order chi connectivity index (χ1) is 14.8. The number of aliphatic carboxylic acids is 1. The molecule has 0 fully saturated rings. The molecule has 0 spiro atoms. The van der Waals surface area contributed by atoms with Crippen molar-refractivity contribution in [3.05, 3.63) is 53.0 Å². The average Bonchev–Trinajstić information content (AvgIpc) is 3.18. The molecule has 0 unspecified atom stereocenters. The Labute approximate surface area is 215 Å². The summed E-state index contributed by atoms with van der Waals surface area (Å²) in [5.41, 5.74) is 1.38. The number of nitrogens with zero attached hydrogens (tertiary/aromatic N) is 2. The second-order valence-electron chi connectivity index (χ2n) is 5.97. The number of thioether (sulfide) groups is 1. The van der Waals surface area contributed by atoms with E-state index in [-0.39, 0.29) is 10.1 Å². The van der Waals surface area contributed by atoms with Crippen molar-refractivity contribution in [3.63, 3.8) is 0 Å². The molecule has 0 saturated heterocycles. The number of benzene rings is 2. The molecule has 162 valence electrons. The van der Waals surface area contributed by atoms with Gasteiger partial charge in [0.25, 0.3) is 0 Å². The molecule has 0 aliphatic carbocycles. The van der Waals surface area contributed by atoms with Gasteiger partial charge in [-0.2, -0.15) is 0 Å². The zero-order valence-electron chi connectivity index (χ0n) is 16.3. The minimum atomic E-state index is -1.07. The van der Waals surface area contributed by atoms with Gasteiger partial charge < -0.3 is 14.6 Å². The van der Waals surface area contributed by atoms with Crippen LogP contribution in [-0.2, 0) is 4.79 Å². The van der Waals surface area contributed by atoms with Crippen LogP contribution in [0.1, 0.15) is 12.5 Å². The Balaban J connectivity index is 1.90. The van der Waals surface area contributed by atoms with E-state index in [2.05, 4.69) is 60.4 Å². The maximum absolute atomic E-state index is 11.8. The highest BCUT2D eigenvalue weighted by molar-refractivity contribution is 14.1. The van der Waals surface area contributed by atoms with Gasteiger partial charge in [-0.3, -0.25) is 5.10 Å². The summed E-state index contributed by atoms with van der Waals surface area (Å²) in [5, 5.41) is 17.4. The molecule has 7 nitrogen and oxygen atoms in total. The number of aromatic amines is 1. The number of hydrogen-bond acceptors (Lipinski definition) is 6. The van der Waals surface area contributed by atoms with Crippen LogP contribution in [0, 0.1) is 7.14 Å². The largest absolute Gasteiger partial charge is 0.496 e. The molecule has 2 N–H and O–H groups in total. The van der Waals surface area contributed by atoms with Gasteiger partial charge in [0.05, 0.1) is 26.4 Å². The van der Waals surface area contributed by atoms with E-state index in [1.807, 2.05) is 19.1 Å². The molecule has 0 atom stereocenters. The second-order valence-corrected chi connectivity index (χ2v) is 9.74. The van der Waals surface area contributed by atoms with Gasteiger partial charge in [0, 0.05) is 5.02 Å². The Morgan fingerprint density at radius 2 is 2.00 bits per heavy atom. The van der Waals surface area contributed by atoms with Crippen molar-refractivity contribution in [1.29, 1.82) is 0 Å². The van der Waals surface area contributed by atoms with Crippen LogP contribution in [0.4, 0.5) is 0 Å². The molecule has 0 bridgehead atoms. The molecule has 3 rings (SSSR count). The maximum atomic E-state index is 11.8. The van der Waals surface area contributed by atoms with Crippen LogP contribution in [0.3, 0.4) is 0 Å². The summed E-state index contributed by atoms with van der Waals surface area (Å²) in [6, 6.07) is 8.88. The number of carboxylic acids is 1. The van der Waals surface area contributed by atoms with Crippen molar-refractivity contribution in [2.45, 2.75) is 12.1 Å². The minimum absolute atomic E-state index is 0.0827. The summed E-state index contributed by atoms with van der Waals surface area (Å²) in [6.07, 6.45) is 1.59. The number of nitrogens with one attached hydrogen (secondary N) is 1. The molecule has 0 aliphatic heterocycles. The van der Waals surface area contributed by atoms with Crippen LogP contribution in [0.2, 0.25) is 5.02 Å². The number of hydrogen-bond donors (Lipinski definition) is 2. The highest BCUT2D eigenvalue weighted by Gasteiger charge is 2.17. The van der Waals surface area contributed by atoms with E-state index in [9.17, 15) is 9.90 Å². The Kier molecular flexibility index (Phi) is 8.47. The van der Waals surface area contributed by atoms with Crippen LogP contribution in [0.25, 0.3) is 17.5 Å². The zero-order chi connectivity index (χ0) is 22.5. The third-order valence-electron chi connectivity index (χ3n) is 3.90. The first kappa shape index (κ1) is 24.1. The van der Waals surface area contributed by atoms with Crippen LogP contribution in [0.15, 0.2) is 40.4 Å². The summed E-state index contributed by atoms with van der Waals surface area (Å²) >= 11 is 11.4. The van der Waals surface area contributed by atoms with E-state index in [1.54, 1.807) is 31.4 Å². The molecule has 0 saturated carbocycles. The lowest BCUT2D eigenvalue weighted by atomic mass is 10.2. The van der Waals surface area contributed by atoms with E-state index < -0.39 is 5.97 Å². The number of ether oxygens (including phenoxy) is 2. The average molecular weight is 684 g/mol. The summed E-state index contributed by atoms with van der Waals surface area (Å²) in [6.45, 7) is 2.48. The molecule has 1 aromatic heterocycles. The van der Waals surface area contributed by atoms with Crippen molar-refractivity contribution >= 4 is 80.6 Å². The summed E-state index contributed by atoms with van der Waals surface area (Å²) < 4.78 is 12.8. The quantitative estimate of drug-likeness (QED) is 0.172. The standard InChI is InChI=1S/C20H16ClI2N3O4S/c1-3-30-17-13(22)6-10(7-14(17)23)8-16(19(27)28)31-20-24-18(25-26-20)12-9-11(21)4-5-15(12)29-2/h4-9H,3H2,1-2H3,(H,27,28)(H,24,25,26)/b16-8-. The molecule has 2 aromatic carbocycles. The molecular formula is C20H16ClI2N3O4S. The predicted molar refractivity (Wildman–Crippen MR) is 138 cm³/mol. The first-order valence-corrected chi connectivity index (χ1v) is 12.2. The Morgan fingerprint density at radius 3 is 2.61 bits per heavy atom. The van der Waals surface area contributed by atoms with Gasteiger partial charge in [-0.1, -0.05) is 11.6 Å². The number of carboxylic acid groups (broad SMARTS) is 1. The lowest BCUT2D eigenvalue weighted by Crippen LogP contribution is -1.99. The molecule has 1 heterocycles. The first-order valence-electron chi connectivity index (χ1n) is 8.83. The van der Waals surface area contributed by atoms with E-state index >= 15 is 0 Å². The number of carbonyl (C=O) groups is 1. The molecule has 0 aliphatic rings. The van der Waals surface area contributed by atoms with Crippen LogP contribution < -0.4 is 9.47 Å². The second kappa shape index (κ2) is 10.9. The van der Waals surface area contributed by atoms with Gasteiger partial charge in [-0.05, 0) is 106 Å². The lowest BCUT2D eigenvalue weighted by Gasteiger charge is -2.10. The third kappa shape index (κ3) is 6.05. The van der Waals surface area contributed by atoms with Crippen LogP contribution >= 0.6 is 68.5 Å². The van der Waals surface area contributed by atoms with Crippen molar-refractivity contribution in [3.8, 4) is 22.9 Å². The Hall–Kier alpha value is -1.51. The van der Waals surface area contributed by atoms with Crippen molar-refractivity contribution in [1.82, 2.24) is 15.2 Å². The third-order valence-corrected chi connectivity index (χ3v) is 6.62. The van der Waals surface area contributed by atoms with Crippen LogP contribution in [-0.4, -0.2) is 40.0 Å². The topological polar surface area (TPSA) is 97.3 Å². The molecule has 11 heteroatoms. The number of aromatic nitrogens is 3. The monoisotopic (exact) mass is 683 g/mol. The molecule has 0 amide bonds. The minimum Gasteiger partial charge on any atom is -0.496 e. The van der Waals surface area contributed by atoms with Gasteiger partial charge in [0.1, 0.15) is 16.4 Å². The van der Waals surface area contributed by atoms with Gasteiger partial charge in [-0.15, -0.1) is 5.10 Å². The fraction of sp³-hybridized carbons (Fsp3) is 0.150. The molecular weight excluding hydrogens is 668 g/mol. The zero-order valence-corrected chi connectivity index (χ0v) is 22.2. The number of H-pyrrole nitrogens is 1. The van der Waals surface area contributed by atoms with E-state index in [4.69, 9.17) is 21.1 Å². The number of halogens is 3. The highest BCUT2D eigenvalue weighted by atomic mass is 127. The van der Waals surface area contributed by atoms with E-state index in [0.717, 1.165) is 30.2 Å². The highest BCUT2D eigenvalue weighted by Crippen LogP contribution is 2.34. The lowest BCUT2D eigenvalue weighted by molar-refractivity contribution is -0.131. The smallest absolute Gasteiger partial charge is 0.342 e. The van der Waals surface area contributed by atoms with Crippen LogP contribution in [0.5, 0.6) is 11.5 Å².